The number of hydrogen-bond donors (Lipinski definition) is 0. The Labute approximate surface area is 93.0 Å². The van der Waals surface area contributed by atoms with Gasteiger partial charge in [0.1, 0.15) is 5.16 Å². The first-order chi connectivity index (χ1) is 6.74. The van der Waals surface area contributed by atoms with Crippen LogP contribution in [0.25, 0.3) is 0 Å². The minimum atomic E-state index is -0.444. The molecule has 0 bridgehead atoms. The third-order valence-electron chi connectivity index (χ3n) is 1.57. The van der Waals surface area contributed by atoms with Gasteiger partial charge in [0.05, 0.1) is 17.6 Å². The zero-order valence-electron chi connectivity index (χ0n) is 7.73. The molecule has 0 aliphatic rings. The molecule has 0 aromatic carbocycles. The molecule has 0 aromatic heterocycles. The molecule has 0 radical (unpaired) electrons. The molecule has 76 valence electrons. The van der Waals surface area contributed by atoms with E-state index in [1.54, 1.807) is 0 Å². The Morgan fingerprint density at radius 1 is 1.50 bits per heavy atom. The van der Waals surface area contributed by atoms with Gasteiger partial charge in [-0.3, -0.25) is 0 Å². The van der Waals surface area contributed by atoms with Crippen LogP contribution in [0.3, 0.4) is 0 Å². The fourth-order valence-electron chi connectivity index (χ4n) is 0.834. The fourth-order valence-corrected chi connectivity index (χ4v) is 1.02. The van der Waals surface area contributed by atoms with E-state index in [-0.39, 0.29) is 12.5 Å². The third kappa shape index (κ3) is 6.57. The average Bonchev–Trinajstić information content (AvgIpc) is 2.21. The number of isothiocyanates is 2. The molecule has 0 saturated heterocycles. The molecule has 1 atom stereocenters. The Morgan fingerprint density at radius 2 is 2.21 bits per heavy atom. The maximum atomic E-state index is 10.9. The second-order valence-electron chi connectivity index (χ2n) is 2.47. The number of carbonyl (C=O) groups is 1. The average molecular weight is 230 g/mol. The van der Waals surface area contributed by atoms with Gasteiger partial charge in [0.2, 0.25) is 0 Å². The van der Waals surface area contributed by atoms with E-state index < -0.39 is 5.97 Å². The van der Waals surface area contributed by atoms with E-state index in [9.17, 15) is 4.79 Å². The lowest BCUT2D eigenvalue weighted by Crippen LogP contribution is -2.07. The summed E-state index contributed by atoms with van der Waals surface area (Å²) >= 11 is 8.70. The van der Waals surface area contributed by atoms with Crippen molar-refractivity contribution in [3.63, 3.8) is 0 Å². The minimum absolute atomic E-state index is 0.0245. The highest BCUT2D eigenvalue weighted by molar-refractivity contribution is 7.78. The third-order valence-corrected chi connectivity index (χ3v) is 1.75. The topological polar surface area (TPSA) is 51.0 Å². The van der Waals surface area contributed by atoms with E-state index in [2.05, 4.69) is 44.6 Å². The van der Waals surface area contributed by atoms with Gasteiger partial charge in [0.25, 0.3) is 0 Å². The van der Waals surface area contributed by atoms with Crippen molar-refractivity contribution in [3.8, 4) is 0 Å². The molecule has 0 aliphatic carbocycles. The number of carbonyl (C=O) groups excluding carboxylic acids is 1. The monoisotopic (exact) mass is 230 g/mol. The molecule has 0 amide bonds. The summed E-state index contributed by atoms with van der Waals surface area (Å²) in [5.41, 5.74) is 0. The Bertz CT molecular complexity index is 281. The molecule has 4 nitrogen and oxygen atoms in total. The van der Waals surface area contributed by atoms with E-state index in [0.29, 0.717) is 6.42 Å². The number of hydrogen-bond acceptors (Lipinski definition) is 6. The van der Waals surface area contributed by atoms with Crippen LogP contribution in [0.4, 0.5) is 0 Å². The van der Waals surface area contributed by atoms with Gasteiger partial charge in [-0.25, -0.2) is 9.79 Å². The van der Waals surface area contributed by atoms with Gasteiger partial charge in [-0.1, -0.05) is 6.92 Å². The van der Waals surface area contributed by atoms with Crippen molar-refractivity contribution in [1.29, 1.82) is 0 Å². The van der Waals surface area contributed by atoms with Crippen molar-refractivity contribution in [2.45, 2.75) is 32.2 Å². The largest absolute Gasteiger partial charge is 0.336 e. The molecular weight excluding hydrogens is 220 g/mol. The zero-order valence-corrected chi connectivity index (χ0v) is 9.36. The van der Waals surface area contributed by atoms with Gasteiger partial charge in [0, 0.05) is 0 Å². The first-order valence-corrected chi connectivity index (χ1v) is 4.90. The Kier molecular flexibility index (Phi) is 8.08. The summed E-state index contributed by atoms with van der Waals surface area (Å²) in [7, 11) is 0. The van der Waals surface area contributed by atoms with Gasteiger partial charge in [-0.15, -0.1) is 0 Å². The molecule has 0 rings (SSSR count). The van der Waals surface area contributed by atoms with Crippen LogP contribution in [0.15, 0.2) is 10.1 Å². The lowest BCUT2D eigenvalue weighted by molar-refractivity contribution is -0.143. The van der Waals surface area contributed by atoms with E-state index in [1.165, 1.54) is 0 Å². The van der Waals surface area contributed by atoms with Crippen LogP contribution in [-0.2, 0) is 9.63 Å². The summed E-state index contributed by atoms with van der Waals surface area (Å²) in [6.07, 6.45) is 1.62. The van der Waals surface area contributed by atoms with Crippen molar-refractivity contribution in [2.24, 2.45) is 10.1 Å². The quantitative estimate of drug-likeness (QED) is 0.304. The standard InChI is InChI=1S/C8H10N2O2S2/c1-2-7(9-5-13)3-4-8(11)12-10-6-14/h7H,2-4H2,1H3. The smallest absolute Gasteiger partial charge is 0.309 e. The number of nitrogens with zero attached hydrogens (tertiary/aromatic N) is 2. The normalized spacial score (nSPS) is 10.6. The van der Waals surface area contributed by atoms with Crippen molar-refractivity contribution in [2.75, 3.05) is 0 Å². The van der Waals surface area contributed by atoms with E-state index in [0.717, 1.165) is 6.42 Å². The summed E-state index contributed by atoms with van der Waals surface area (Å²) in [6.45, 7) is 1.96. The summed E-state index contributed by atoms with van der Waals surface area (Å²) < 4.78 is 0. The van der Waals surface area contributed by atoms with Crippen molar-refractivity contribution >= 4 is 40.7 Å². The Hall–Kier alpha value is -0.930. The lowest BCUT2D eigenvalue weighted by atomic mass is 10.1. The van der Waals surface area contributed by atoms with Gasteiger partial charge in [0.15, 0.2) is 0 Å². The predicted molar refractivity (Wildman–Crippen MR) is 59.5 cm³/mol. The molecular formula is C8H10N2O2S2. The number of rotatable bonds is 6. The van der Waals surface area contributed by atoms with Crippen LogP contribution >= 0.6 is 24.4 Å². The molecule has 0 aliphatic heterocycles. The second kappa shape index (κ2) is 8.66. The van der Waals surface area contributed by atoms with Crippen LogP contribution in [0.5, 0.6) is 0 Å². The number of thiocarbonyl (C=S) groups is 2. The fraction of sp³-hybridized carbons (Fsp3) is 0.625. The van der Waals surface area contributed by atoms with E-state index in [4.69, 9.17) is 0 Å². The SMILES string of the molecule is CCC(CCC(=O)ON=C=S)N=C=S. The predicted octanol–water partition coefficient (Wildman–Crippen LogP) is 2.21. The summed E-state index contributed by atoms with van der Waals surface area (Å²) in [6, 6.07) is 0.0245. The highest BCUT2D eigenvalue weighted by Gasteiger charge is 2.08. The Balaban J connectivity index is 3.84. The van der Waals surface area contributed by atoms with Gasteiger partial charge >= 0.3 is 5.97 Å². The molecule has 14 heavy (non-hydrogen) atoms. The van der Waals surface area contributed by atoms with Crippen molar-refractivity contribution in [3.05, 3.63) is 0 Å². The van der Waals surface area contributed by atoms with Crippen LogP contribution in [0.2, 0.25) is 0 Å². The number of aliphatic imine (C=N–C) groups is 1. The molecule has 0 heterocycles. The highest BCUT2D eigenvalue weighted by Crippen LogP contribution is 2.06. The summed E-state index contributed by atoms with van der Waals surface area (Å²) in [5, 5.41) is 7.30. The highest BCUT2D eigenvalue weighted by atomic mass is 32.1. The molecule has 6 heteroatoms. The van der Waals surface area contributed by atoms with Crippen molar-refractivity contribution < 1.29 is 9.63 Å². The van der Waals surface area contributed by atoms with E-state index in [1.807, 2.05) is 12.1 Å². The van der Waals surface area contributed by atoms with Crippen LogP contribution in [-0.4, -0.2) is 22.3 Å². The maximum absolute atomic E-state index is 10.9. The molecule has 0 fully saturated rings. The molecule has 0 aromatic rings. The van der Waals surface area contributed by atoms with Gasteiger partial charge in [-0.2, -0.15) is 0 Å². The van der Waals surface area contributed by atoms with Crippen molar-refractivity contribution in [1.82, 2.24) is 0 Å². The van der Waals surface area contributed by atoms with Crippen LogP contribution in [0.1, 0.15) is 26.2 Å². The van der Waals surface area contributed by atoms with Crippen LogP contribution in [0, 0.1) is 0 Å². The summed E-state index contributed by atoms with van der Waals surface area (Å²) in [5.74, 6) is -0.444. The molecule has 0 saturated carbocycles. The van der Waals surface area contributed by atoms with Crippen LogP contribution < -0.4 is 0 Å². The summed E-state index contributed by atoms with van der Waals surface area (Å²) in [4.78, 5) is 19.2. The van der Waals surface area contributed by atoms with E-state index >= 15 is 0 Å². The Morgan fingerprint density at radius 3 is 2.71 bits per heavy atom. The zero-order chi connectivity index (χ0) is 10.8. The second-order valence-corrected chi connectivity index (χ2v) is 2.83. The first-order valence-electron chi connectivity index (χ1n) is 4.08. The maximum Gasteiger partial charge on any atom is 0.336 e. The molecule has 0 N–H and O–H groups in total. The van der Waals surface area contributed by atoms with Gasteiger partial charge in [-0.05, 0) is 42.4 Å². The molecule has 0 spiro atoms. The minimum Gasteiger partial charge on any atom is -0.309 e. The lowest BCUT2D eigenvalue weighted by Gasteiger charge is -2.04. The van der Waals surface area contributed by atoms with Gasteiger partial charge < -0.3 is 4.84 Å². The first kappa shape index (κ1) is 13.1. The molecule has 1 unspecified atom stereocenters.